The molecule has 7 nitrogen and oxygen atoms in total. The molecule has 3 rings (SSSR count). The third-order valence-corrected chi connectivity index (χ3v) is 4.28. The number of likely N-dealkylation sites (tertiary alicyclic amines) is 1. The second kappa shape index (κ2) is 7.02. The summed E-state index contributed by atoms with van der Waals surface area (Å²) in [5, 5.41) is 10.2. The molecule has 0 bridgehead atoms. The summed E-state index contributed by atoms with van der Waals surface area (Å²) < 4.78 is 0. The van der Waals surface area contributed by atoms with Gasteiger partial charge in [0.25, 0.3) is 0 Å². The molecule has 1 aromatic rings. The first-order valence-electron chi connectivity index (χ1n) is 7.92. The molecule has 1 unspecified atom stereocenters. The second-order valence-corrected chi connectivity index (χ2v) is 5.93. The molecule has 0 saturated carbocycles. The lowest BCUT2D eigenvalue weighted by Crippen LogP contribution is -2.50. The predicted molar refractivity (Wildman–Crippen MR) is 82.5 cm³/mol. The van der Waals surface area contributed by atoms with Crippen molar-refractivity contribution >= 4 is 11.9 Å². The van der Waals surface area contributed by atoms with Crippen molar-refractivity contribution in [2.75, 3.05) is 50.7 Å². The van der Waals surface area contributed by atoms with Crippen molar-refractivity contribution in [1.29, 1.82) is 0 Å². The van der Waals surface area contributed by atoms with E-state index in [9.17, 15) is 9.90 Å². The van der Waals surface area contributed by atoms with Crippen LogP contribution in [0.15, 0.2) is 18.5 Å². The van der Waals surface area contributed by atoms with E-state index in [1.54, 1.807) is 17.3 Å². The lowest BCUT2D eigenvalue weighted by atomic mass is 10.2. The van der Waals surface area contributed by atoms with Gasteiger partial charge < -0.3 is 14.9 Å². The van der Waals surface area contributed by atoms with Gasteiger partial charge in [-0.25, -0.2) is 9.97 Å². The highest BCUT2D eigenvalue weighted by molar-refractivity contribution is 5.78. The number of hydrogen-bond donors (Lipinski definition) is 1. The van der Waals surface area contributed by atoms with Gasteiger partial charge in [-0.1, -0.05) is 0 Å². The lowest BCUT2D eigenvalue weighted by molar-refractivity contribution is -0.129. The summed E-state index contributed by atoms with van der Waals surface area (Å²) in [5.41, 5.74) is 0. The highest BCUT2D eigenvalue weighted by atomic mass is 16.3. The molecule has 0 aromatic carbocycles. The van der Waals surface area contributed by atoms with Gasteiger partial charge in [-0.05, 0) is 12.5 Å². The normalized spacial score (nSPS) is 21.4. The molecule has 7 heteroatoms. The van der Waals surface area contributed by atoms with Gasteiger partial charge in [0.15, 0.2) is 0 Å². The topological polar surface area (TPSA) is 72.8 Å². The van der Waals surface area contributed by atoms with Gasteiger partial charge in [-0.15, -0.1) is 0 Å². The van der Waals surface area contributed by atoms with Crippen LogP contribution in [0.25, 0.3) is 0 Å². The van der Waals surface area contributed by atoms with Crippen molar-refractivity contribution in [3.8, 4) is 0 Å². The van der Waals surface area contributed by atoms with Crippen molar-refractivity contribution in [3.63, 3.8) is 0 Å². The van der Waals surface area contributed by atoms with E-state index in [1.165, 1.54) is 0 Å². The molecule has 0 spiro atoms. The number of piperazine rings is 1. The molecule has 1 amide bonds. The summed E-state index contributed by atoms with van der Waals surface area (Å²) in [6.45, 7) is 5.34. The van der Waals surface area contributed by atoms with Crippen LogP contribution in [-0.2, 0) is 4.79 Å². The average molecular weight is 305 g/mol. The number of amides is 1. The maximum Gasteiger partial charge on any atom is 0.225 e. The van der Waals surface area contributed by atoms with Crippen LogP contribution in [0.5, 0.6) is 0 Å². The van der Waals surface area contributed by atoms with Crippen LogP contribution in [0.1, 0.15) is 12.8 Å². The number of aliphatic hydroxyl groups is 1. The van der Waals surface area contributed by atoms with E-state index in [2.05, 4.69) is 19.8 Å². The smallest absolute Gasteiger partial charge is 0.225 e. The average Bonchev–Trinajstić information content (AvgIpc) is 2.94. The zero-order valence-electron chi connectivity index (χ0n) is 12.8. The standard InChI is InChI=1S/C15H23N5O2/c21-13(12-20-6-1-3-14(20)22)11-18-7-9-19(10-8-18)15-16-4-2-5-17-15/h2,4-5,13,21H,1,3,6-12H2. The van der Waals surface area contributed by atoms with Gasteiger partial charge in [0.05, 0.1) is 6.10 Å². The number of β-amino-alcohol motifs (C(OH)–C–C–N with tert-alkyl or cyclic N) is 1. The van der Waals surface area contributed by atoms with Crippen LogP contribution in [0, 0.1) is 0 Å². The molecule has 22 heavy (non-hydrogen) atoms. The predicted octanol–water partition coefficient (Wildman–Crippen LogP) is -0.418. The molecular weight excluding hydrogens is 282 g/mol. The molecule has 2 aliphatic rings. The van der Waals surface area contributed by atoms with Crippen LogP contribution in [0.3, 0.4) is 0 Å². The lowest BCUT2D eigenvalue weighted by Gasteiger charge is -2.36. The first kappa shape index (κ1) is 15.2. The molecule has 3 heterocycles. The summed E-state index contributed by atoms with van der Waals surface area (Å²) in [4.78, 5) is 26.3. The Hall–Kier alpha value is -1.73. The van der Waals surface area contributed by atoms with Crippen LogP contribution >= 0.6 is 0 Å². The fourth-order valence-corrected chi connectivity index (χ4v) is 3.09. The number of hydrogen-bond acceptors (Lipinski definition) is 6. The molecule has 1 aromatic heterocycles. The fraction of sp³-hybridized carbons (Fsp3) is 0.667. The molecule has 2 aliphatic heterocycles. The monoisotopic (exact) mass is 305 g/mol. The zero-order valence-corrected chi connectivity index (χ0v) is 12.8. The van der Waals surface area contributed by atoms with Crippen molar-refractivity contribution in [1.82, 2.24) is 19.8 Å². The fourth-order valence-electron chi connectivity index (χ4n) is 3.09. The van der Waals surface area contributed by atoms with Gasteiger partial charge >= 0.3 is 0 Å². The number of aliphatic hydroxyl groups excluding tert-OH is 1. The molecule has 1 N–H and O–H groups in total. The Morgan fingerprint density at radius 2 is 1.82 bits per heavy atom. The van der Waals surface area contributed by atoms with Crippen molar-refractivity contribution in [3.05, 3.63) is 18.5 Å². The maximum atomic E-state index is 11.6. The summed E-state index contributed by atoms with van der Waals surface area (Å²) in [7, 11) is 0. The Kier molecular flexibility index (Phi) is 4.84. The quantitative estimate of drug-likeness (QED) is 0.797. The number of rotatable bonds is 5. The van der Waals surface area contributed by atoms with Crippen LogP contribution in [-0.4, -0.2) is 82.7 Å². The van der Waals surface area contributed by atoms with E-state index < -0.39 is 6.10 Å². The van der Waals surface area contributed by atoms with E-state index in [-0.39, 0.29) is 5.91 Å². The summed E-state index contributed by atoms with van der Waals surface area (Å²) >= 11 is 0. The summed E-state index contributed by atoms with van der Waals surface area (Å²) in [5.74, 6) is 0.940. The van der Waals surface area contributed by atoms with Crippen molar-refractivity contribution in [2.24, 2.45) is 0 Å². The van der Waals surface area contributed by atoms with Crippen LogP contribution in [0.4, 0.5) is 5.95 Å². The van der Waals surface area contributed by atoms with E-state index in [0.717, 1.165) is 45.1 Å². The molecule has 0 aliphatic carbocycles. The van der Waals surface area contributed by atoms with Crippen molar-refractivity contribution < 1.29 is 9.90 Å². The number of carbonyl (C=O) groups excluding carboxylic acids is 1. The Morgan fingerprint density at radius 1 is 1.09 bits per heavy atom. The van der Waals surface area contributed by atoms with Crippen LogP contribution in [0.2, 0.25) is 0 Å². The van der Waals surface area contributed by atoms with E-state index in [0.29, 0.717) is 19.5 Å². The zero-order chi connectivity index (χ0) is 15.4. The van der Waals surface area contributed by atoms with Gasteiger partial charge in [0, 0.05) is 64.6 Å². The Morgan fingerprint density at radius 3 is 2.45 bits per heavy atom. The van der Waals surface area contributed by atoms with E-state index >= 15 is 0 Å². The highest BCUT2D eigenvalue weighted by Crippen LogP contribution is 2.12. The van der Waals surface area contributed by atoms with E-state index in [4.69, 9.17) is 0 Å². The molecule has 2 saturated heterocycles. The van der Waals surface area contributed by atoms with Gasteiger partial charge in [-0.3, -0.25) is 9.69 Å². The number of aromatic nitrogens is 2. The summed E-state index contributed by atoms with van der Waals surface area (Å²) in [6, 6.07) is 1.82. The highest BCUT2D eigenvalue weighted by Gasteiger charge is 2.25. The molecule has 120 valence electrons. The molecule has 2 fully saturated rings. The van der Waals surface area contributed by atoms with Gasteiger partial charge in [-0.2, -0.15) is 0 Å². The Balaban J connectivity index is 1.42. The van der Waals surface area contributed by atoms with E-state index in [1.807, 2.05) is 6.07 Å². The second-order valence-electron chi connectivity index (χ2n) is 5.93. The minimum absolute atomic E-state index is 0.171. The first-order valence-corrected chi connectivity index (χ1v) is 7.92. The minimum Gasteiger partial charge on any atom is -0.390 e. The number of anilines is 1. The first-order chi connectivity index (χ1) is 10.7. The van der Waals surface area contributed by atoms with Gasteiger partial charge in [0.1, 0.15) is 0 Å². The number of nitrogens with zero attached hydrogens (tertiary/aromatic N) is 5. The Bertz CT molecular complexity index is 490. The van der Waals surface area contributed by atoms with Crippen molar-refractivity contribution in [2.45, 2.75) is 18.9 Å². The largest absolute Gasteiger partial charge is 0.390 e. The number of carbonyl (C=O) groups is 1. The minimum atomic E-state index is -0.471. The van der Waals surface area contributed by atoms with Crippen LogP contribution < -0.4 is 4.90 Å². The maximum absolute atomic E-state index is 11.6. The SMILES string of the molecule is O=C1CCCN1CC(O)CN1CCN(c2ncccn2)CC1. The van der Waals surface area contributed by atoms with Gasteiger partial charge in [0.2, 0.25) is 11.9 Å². The third kappa shape index (κ3) is 3.72. The molecule has 0 radical (unpaired) electrons. The summed E-state index contributed by atoms with van der Waals surface area (Å²) in [6.07, 6.45) is 4.59. The Labute approximate surface area is 130 Å². The third-order valence-electron chi connectivity index (χ3n) is 4.28. The molecule has 1 atom stereocenters. The molecular formula is C15H23N5O2.